The van der Waals surface area contributed by atoms with Gasteiger partial charge in [0.15, 0.2) is 5.96 Å². The van der Waals surface area contributed by atoms with Crippen LogP contribution in [0.5, 0.6) is 0 Å². The van der Waals surface area contributed by atoms with Gasteiger partial charge in [-0.15, -0.1) is 0 Å². The highest BCUT2D eigenvalue weighted by molar-refractivity contribution is 5.97. The van der Waals surface area contributed by atoms with Crippen LogP contribution in [-0.4, -0.2) is 82.7 Å². The van der Waals surface area contributed by atoms with Crippen molar-refractivity contribution >= 4 is 46.3 Å². The summed E-state index contributed by atoms with van der Waals surface area (Å²) < 4.78 is 13.7. The summed E-state index contributed by atoms with van der Waals surface area (Å²) in [6.07, 6.45) is 3.24. The maximum Gasteiger partial charge on any atom is 0.243 e. The Balaban J connectivity index is 1.47. The first kappa shape index (κ1) is 36.9. The van der Waals surface area contributed by atoms with Crippen molar-refractivity contribution in [3.63, 3.8) is 0 Å². The Morgan fingerprint density at radius 3 is 2.04 bits per heavy atom. The number of fused-ring (bicyclic) bond motifs is 1. The number of benzene rings is 3. The molecule has 0 bridgehead atoms. The molecular formula is C36H41FN10O5. The molecule has 3 aromatic carbocycles. The number of imidazole rings is 1. The summed E-state index contributed by atoms with van der Waals surface area (Å²) in [5.74, 6) is -4.07. The molecule has 0 radical (unpaired) electrons. The smallest absolute Gasteiger partial charge is 0.243 e. The molecule has 52 heavy (non-hydrogen) atoms. The van der Waals surface area contributed by atoms with Crippen LogP contribution in [0.4, 0.5) is 4.39 Å². The van der Waals surface area contributed by atoms with E-state index in [4.69, 9.17) is 11.5 Å². The molecule has 0 aliphatic carbocycles. The Hall–Kier alpha value is -6.32. The van der Waals surface area contributed by atoms with Crippen molar-refractivity contribution in [3.8, 4) is 0 Å². The second-order valence-electron chi connectivity index (χ2n) is 12.5. The number of nitrogens with two attached hydrogens (primary N) is 2. The monoisotopic (exact) mass is 712 g/mol. The molecule has 16 heteroatoms. The Labute approximate surface area is 298 Å². The lowest BCUT2D eigenvalue weighted by atomic mass is 10.0. The fourth-order valence-corrected chi connectivity index (χ4v) is 5.83. The van der Waals surface area contributed by atoms with Crippen LogP contribution in [0.3, 0.4) is 0 Å². The number of rotatable bonds is 10. The average Bonchev–Trinajstić information content (AvgIpc) is 3.64. The van der Waals surface area contributed by atoms with Crippen LogP contribution < -0.4 is 38.1 Å². The van der Waals surface area contributed by atoms with Gasteiger partial charge in [-0.1, -0.05) is 54.6 Å². The van der Waals surface area contributed by atoms with Gasteiger partial charge in [0.05, 0.1) is 12.9 Å². The highest BCUT2D eigenvalue weighted by Gasteiger charge is 2.33. The molecule has 1 aliphatic heterocycles. The van der Waals surface area contributed by atoms with Crippen molar-refractivity contribution in [1.29, 1.82) is 0 Å². The number of aromatic nitrogens is 2. The molecule has 5 amide bonds. The minimum Gasteiger partial charge on any atom is -0.370 e. The number of aliphatic imine (C=N–C) groups is 1. The maximum atomic E-state index is 13.9. The van der Waals surface area contributed by atoms with Gasteiger partial charge in [-0.05, 0) is 46.9 Å². The molecule has 1 aliphatic rings. The summed E-state index contributed by atoms with van der Waals surface area (Å²) in [5.41, 5.74) is 12.7. The van der Waals surface area contributed by atoms with Gasteiger partial charge in [0, 0.05) is 37.7 Å². The Kier molecular flexibility index (Phi) is 12.5. The van der Waals surface area contributed by atoms with E-state index in [9.17, 15) is 28.4 Å². The lowest BCUT2D eigenvalue weighted by Crippen LogP contribution is -2.58. The number of hydrogen-bond acceptors (Lipinski definition) is 7. The maximum absolute atomic E-state index is 13.9. The number of nitrogens with zero attached hydrogens (tertiary/aromatic N) is 2. The highest BCUT2D eigenvalue weighted by Crippen LogP contribution is 2.17. The van der Waals surface area contributed by atoms with E-state index in [-0.39, 0.29) is 44.6 Å². The molecule has 1 fully saturated rings. The zero-order valence-corrected chi connectivity index (χ0v) is 28.2. The van der Waals surface area contributed by atoms with Crippen LogP contribution in [0.2, 0.25) is 0 Å². The summed E-state index contributed by atoms with van der Waals surface area (Å²) in [4.78, 5) is 79.3. The van der Waals surface area contributed by atoms with Gasteiger partial charge >= 0.3 is 0 Å². The Morgan fingerprint density at radius 1 is 0.731 bits per heavy atom. The molecule has 1 aromatic heterocycles. The second-order valence-corrected chi connectivity index (χ2v) is 12.5. The molecule has 4 aromatic rings. The summed E-state index contributed by atoms with van der Waals surface area (Å²) in [6.45, 7) is -0.358. The SMILES string of the molecule is NC(N)=NCCC[C@@H]1NC(=O)[C@H](Cc2cnc[nH]2)NC(=O)[C@@H](Cc2ccc(F)cc2)NC(=O)CNC(=O)[C@H](Cc2ccc3ccccc3c2)NC1=O. The summed E-state index contributed by atoms with van der Waals surface area (Å²) in [5, 5.41) is 15.3. The summed E-state index contributed by atoms with van der Waals surface area (Å²) in [6, 6.07) is 14.0. The fraction of sp³-hybridized carbons (Fsp3) is 0.306. The van der Waals surface area contributed by atoms with E-state index in [2.05, 4.69) is 41.5 Å². The van der Waals surface area contributed by atoms with E-state index in [0.717, 1.165) is 16.3 Å². The van der Waals surface area contributed by atoms with E-state index in [1.165, 1.54) is 36.8 Å². The topological polar surface area (TPSA) is 239 Å². The number of halogens is 1. The molecule has 0 unspecified atom stereocenters. The van der Waals surface area contributed by atoms with Gasteiger partial charge < -0.3 is 43.0 Å². The summed E-state index contributed by atoms with van der Waals surface area (Å²) in [7, 11) is 0. The third-order valence-electron chi connectivity index (χ3n) is 8.50. The first-order valence-electron chi connectivity index (χ1n) is 16.8. The fourth-order valence-electron chi connectivity index (χ4n) is 5.83. The molecule has 272 valence electrons. The van der Waals surface area contributed by atoms with Crippen LogP contribution >= 0.6 is 0 Å². The lowest BCUT2D eigenvalue weighted by Gasteiger charge is -2.26. The van der Waals surface area contributed by atoms with Crippen molar-refractivity contribution in [2.24, 2.45) is 16.5 Å². The Morgan fingerprint density at radius 2 is 1.35 bits per heavy atom. The minimum absolute atomic E-state index is 0.0399. The van der Waals surface area contributed by atoms with Crippen molar-refractivity contribution in [2.75, 3.05) is 13.1 Å². The largest absolute Gasteiger partial charge is 0.370 e. The molecule has 4 atom stereocenters. The van der Waals surface area contributed by atoms with Crippen molar-refractivity contribution < 1.29 is 28.4 Å². The number of carbonyl (C=O) groups excluding carboxylic acids is 5. The quantitative estimate of drug-likeness (QED) is 0.0624. The zero-order valence-electron chi connectivity index (χ0n) is 28.2. The van der Waals surface area contributed by atoms with Crippen LogP contribution in [-0.2, 0) is 43.2 Å². The number of aromatic amines is 1. The number of H-pyrrole nitrogens is 1. The third-order valence-corrected chi connectivity index (χ3v) is 8.50. The van der Waals surface area contributed by atoms with E-state index in [1.54, 1.807) is 0 Å². The van der Waals surface area contributed by atoms with Gasteiger partial charge in [0.1, 0.15) is 30.0 Å². The molecule has 1 saturated heterocycles. The molecule has 10 N–H and O–H groups in total. The van der Waals surface area contributed by atoms with E-state index in [0.29, 0.717) is 11.3 Å². The van der Waals surface area contributed by atoms with Gasteiger partial charge in [-0.2, -0.15) is 0 Å². The normalized spacial score (nSPS) is 20.4. The number of guanidine groups is 1. The van der Waals surface area contributed by atoms with Crippen LogP contribution in [0.15, 0.2) is 84.2 Å². The number of hydrogen-bond donors (Lipinski definition) is 8. The Bertz CT molecular complexity index is 1910. The molecule has 0 saturated carbocycles. The van der Waals surface area contributed by atoms with Crippen LogP contribution in [0.25, 0.3) is 10.8 Å². The third kappa shape index (κ3) is 10.6. The molecule has 5 rings (SSSR count). The predicted molar refractivity (Wildman–Crippen MR) is 191 cm³/mol. The van der Waals surface area contributed by atoms with Gasteiger partial charge in [-0.25, -0.2) is 9.37 Å². The molecule has 15 nitrogen and oxygen atoms in total. The number of amides is 5. The van der Waals surface area contributed by atoms with Gasteiger partial charge in [0.25, 0.3) is 0 Å². The van der Waals surface area contributed by atoms with Gasteiger partial charge in [0.2, 0.25) is 29.5 Å². The average molecular weight is 713 g/mol. The lowest BCUT2D eigenvalue weighted by molar-refractivity contribution is -0.134. The molecular weight excluding hydrogens is 671 g/mol. The first-order valence-corrected chi connectivity index (χ1v) is 16.8. The van der Waals surface area contributed by atoms with E-state index < -0.39 is 66.1 Å². The van der Waals surface area contributed by atoms with E-state index in [1.807, 2.05) is 42.5 Å². The van der Waals surface area contributed by atoms with E-state index >= 15 is 0 Å². The van der Waals surface area contributed by atoms with Crippen LogP contribution in [0, 0.1) is 5.82 Å². The highest BCUT2D eigenvalue weighted by atomic mass is 19.1. The van der Waals surface area contributed by atoms with Crippen molar-refractivity contribution in [2.45, 2.75) is 56.3 Å². The zero-order chi connectivity index (χ0) is 37.0. The standard InChI is InChI=1S/C36H41FN10O5/c37-25-11-8-21(9-12-25)15-29-34(51)47-30(17-26-18-40-20-43-26)35(52)45-27(6-3-13-41-36(38)39)33(50)46-28(32(49)42-19-31(48)44-29)16-22-7-10-23-4-1-2-5-24(23)14-22/h1-2,4-5,7-12,14,18,20,27-30H,3,6,13,15-17,19H2,(H,40,43)(H,42,49)(H,44,48)(H,45,52)(H,46,50)(H,47,51)(H4,38,39,41)/t27-,28-,29+,30-/m0/s1. The van der Waals surface area contributed by atoms with Crippen molar-refractivity contribution in [3.05, 3.63) is 102 Å². The number of nitrogens with one attached hydrogen (secondary N) is 6. The van der Waals surface area contributed by atoms with Crippen LogP contribution in [0.1, 0.15) is 29.7 Å². The summed E-state index contributed by atoms with van der Waals surface area (Å²) >= 11 is 0. The number of carbonyl (C=O) groups is 5. The minimum atomic E-state index is -1.23. The predicted octanol–water partition coefficient (Wildman–Crippen LogP) is -0.147. The molecule has 2 heterocycles. The van der Waals surface area contributed by atoms with Gasteiger partial charge in [-0.3, -0.25) is 29.0 Å². The molecule has 0 spiro atoms. The van der Waals surface area contributed by atoms with Crippen molar-refractivity contribution in [1.82, 2.24) is 36.6 Å². The first-order chi connectivity index (χ1) is 25.0. The second kappa shape index (κ2) is 17.6.